The van der Waals surface area contributed by atoms with Gasteiger partial charge in [-0.2, -0.15) is 13.2 Å². The molecule has 1 amide bonds. The van der Waals surface area contributed by atoms with E-state index in [0.29, 0.717) is 19.6 Å². The maximum Gasteiger partial charge on any atom is 0.416 e. The minimum absolute atomic E-state index is 0.0505. The molecule has 2 aromatic rings. The van der Waals surface area contributed by atoms with Gasteiger partial charge in [-0.3, -0.25) is 4.79 Å². The van der Waals surface area contributed by atoms with Crippen molar-refractivity contribution in [2.75, 3.05) is 36.0 Å². The smallest absolute Gasteiger partial charge is 0.362 e. The molecule has 0 aromatic heterocycles. The third-order valence-corrected chi connectivity index (χ3v) is 5.31. The summed E-state index contributed by atoms with van der Waals surface area (Å²) in [6.45, 7) is 4.23. The van der Waals surface area contributed by atoms with E-state index in [2.05, 4.69) is 4.90 Å². The Bertz CT molecular complexity index is 850. The summed E-state index contributed by atoms with van der Waals surface area (Å²) < 4.78 is 38.6. The fourth-order valence-electron chi connectivity index (χ4n) is 3.93. The van der Waals surface area contributed by atoms with Crippen LogP contribution in [-0.4, -0.2) is 43.0 Å². The predicted octanol–water partition coefficient (Wildman–Crippen LogP) is 3.89. The molecule has 4 rings (SSSR count). The number of carbonyl (C=O) groups excluding carboxylic acids is 1. The molecule has 0 N–H and O–H groups in total. The number of hydrogen-bond acceptors (Lipinski definition) is 3. The number of nitrogens with zero attached hydrogens (tertiary/aromatic N) is 3. The first-order valence-corrected chi connectivity index (χ1v) is 8.90. The lowest BCUT2D eigenvalue weighted by atomic mass is 10.0. The molecule has 0 radical (unpaired) electrons. The van der Waals surface area contributed by atoms with Crippen LogP contribution < -0.4 is 9.80 Å². The maximum absolute atomic E-state index is 12.9. The van der Waals surface area contributed by atoms with Gasteiger partial charge in [-0.1, -0.05) is 12.1 Å². The standard InChI is InChI=1S/C20H20F3N3O/c1-14(27)24-10-11-25-17(12-24)13-26(19-5-3-2-4-18(19)25)16-8-6-15(7-9-16)20(21,22)23/h2-9,17H,10-13H2,1H3/t17-/m0/s1. The van der Waals surface area contributed by atoms with Gasteiger partial charge in [0.15, 0.2) is 0 Å². The molecule has 2 aliphatic rings. The summed E-state index contributed by atoms with van der Waals surface area (Å²) in [5, 5.41) is 0. The van der Waals surface area contributed by atoms with E-state index in [1.165, 1.54) is 12.1 Å². The van der Waals surface area contributed by atoms with Gasteiger partial charge in [-0.25, -0.2) is 0 Å². The van der Waals surface area contributed by atoms with Gasteiger partial charge >= 0.3 is 6.18 Å². The zero-order valence-corrected chi connectivity index (χ0v) is 14.9. The first-order valence-electron chi connectivity index (χ1n) is 8.90. The van der Waals surface area contributed by atoms with Crippen LogP contribution in [-0.2, 0) is 11.0 Å². The van der Waals surface area contributed by atoms with Gasteiger partial charge < -0.3 is 14.7 Å². The number of amides is 1. The molecule has 7 heteroatoms. The second kappa shape index (κ2) is 6.48. The van der Waals surface area contributed by atoms with Crippen LogP contribution in [0.2, 0.25) is 0 Å². The SMILES string of the molecule is CC(=O)N1CCN2c3ccccc3N(c3ccc(C(F)(F)F)cc3)C[C@@H]2C1. The van der Waals surface area contributed by atoms with Crippen molar-refractivity contribution in [3.63, 3.8) is 0 Å². The van der Waals surface area contributed by atoms with Crippen molar-refractivity contribution in [2.45, 2.75) is 19.1 Å². The number of anilines is 3. The van der Waals surface area contributed by atoms with E-state index in [4.69, 9.17) is 0 Å². The minimum Gasteiger partial charge on any atom is -0.362 e. The number of rotatable bonds is 1. The number of carbonyl (C=O) groups is 1. The van der Waals surface area contributed by atoms with Gasteiger partial charge in [-0.05, 0) is 36.4 Å². The van der Waals surface area contributed by atoms with Crippen molar-refractivity contribution in [1.29, 1.82) is 0 Å². The van der Waals surface area contributed by atoms with Crippen molar-refractivity contribution in [2.24, 2.45) is 0 Å². The Morgan fingerprint density at radius 1 is 0.963 bits per heavy atom. The Morgan fingerprint density at radius 2 is 1.63 bits per heavy atom. The van der Waals surface area contributed by atoms with Crippen LogP contribution >= 0.6 is 0 Å². The van der Waals surface area contributed by atoms with Crippen LogP contribution in [0.3, 0.4) is 0 Å². The fraction of sp³-hybridized carbons (Fsp3) is 0.350. The maximum atomic E-state index is 12.9. The van der Waals surface area contributed by atoms with Crippen LogP contribution in [0.5, 0.6) is 0 Å². The zero-order chi connectivity index (χ0) is 19.2. The van der Waals surface area contributed by atoms with E-state index < -0.39 is 11.7 Å². The molecule has 0 spiro atoms. The Hall–Kier alpha value is -2.70. The van der Waals surface area contributed by atoms with Gasteiger partial charge in [0.25, 0.3) is 0 Å². The van der Waals surface area contributed by atoms with Crippen molar-refractivity contribution >= 4 is 23.0 Å². The lowest BCUT2D eigenvalue weighted by Gasteiger charge is -2.49. The molecule has 0 aliphatic carbocycles. The quantitative estimate of drug-likeness (QED) is 0.757. The second-order valence-electron chi connectivity index (χ2n) is 6.96. The highest BCUT2D eigenvalue weighted by Gasteiger charge is 2.36. The largest absolute Gasteiger partial charge is 0.416 e. The first kappa shape index (κ1) is 17.7. The van der Waals surface area contributed by atoms with Crippen LogP contribution in [0.25, 0.3) is 0 Å². The highest BCUT2D eigenvalue weighted by atomic mass is 19.4. The van der Waals surface area contributed by atoms with Gasteiger partial charge in [0, 0.05) is 38.8 Å². The minimum atomic E-state index is -4.35. The number of para-hydroxylation sites is 2. The Labute approximate surface area is 155 Å². The van der Waals surface area contributed by atoms with Gasteiger partial charge in [-0.15, -0.1) is 0 Å². The monoisotopic (exact) mass is 375 g/mol. The molecule has 0 unspecified atom stereocenters. The number of fused-ring (bicyclic) bond motifs is 3. The zero-order valence-electron chi connectivity index (χ0n) is 14.9. The lowest BCUT2D eigenvalue weighted by Crippen LogP contribution is -2.60. The number of piperazine rings is 1. The molecule has 1 saturated heterocycles. The summed E-state index contributed by atoms with van der Waals surface area (Å²) in [5.41, 5.74) is 2.09. The van der Waals surface area contributed by atoms with E-state index in [1.807, 2.05) is 34.1 Å². The molecule has 2 heterocycles. The van der Waals surface area contributed by atoms with Gasteiger partial charge in [0.05, 0.1) is 23.0 Å². The van der Waals surface area contributed by atoms with Crippen molar-refractivity contribution in [3.05, 3.63) is 54.1 Å². The summed E-state index contributed by atoms with van der Waals surface area (Å²) in [7, 11) is 0. The molecule has 27 heavy (non-hydrogen) atoms. The van der Waals surface area contributed by atoms with E-state index in [1.54, 1.807) is 6.92 Å². The van der Waals surface area contributed by atoms with Crippen LogP contribution in [0.4, 0.5) is 30.2 Å². The molecular weight excluding hydrogens is 355 g/mol. The normalized spacial score (nSPS) is 19.6. The van der Waals surface area contributed by atoms with E-state index >= 15 is 0 Å². The summed E-state index contributed by atoms with van der Waals surface area (Å²) >= 11 is 0. The molecule has 142 valence electrons. The van der Waals surface area contributed by atoms with Crippen LogP contribution in [0.1, 0.15) is 12.5 Å². The van der Waals surface area contributed by atoms with E-state index in [-0.39, 0.29) is 11.9 Å². The topological polar surface area (TPSA) is 26.8 Å². The first-order chi connectivity index (χ1) is 12.8. The number of benzene rings is 2. The number of halogens is 3. The molecular formula is C20H20F3N3O. The van der Waals surface area contributed by atoms with E-state index in [0.717, 1.165) is 35.7 Å². The van der Waals surface area contributed by atoms with Gasteiger partial charge in [0.1, 0.15) is 0 Å². The highest BCUT2D eigenvalue weighted by Crippen LogP contribution is 2.41. The molecule has 0 saturated carbocycles. The Morgan fingerprint density at radius 3 is 2.26 bits per heavy atom. The summed E-state index contributed by atoms with van der Waals surface area (Å²) in [6.07, 6.45) is -4.35. The Kier molecular flexibility index (Phi) is 4.25. The van der Waals surface area contributed by atoms with Crippen molar-refractivity contribution in [1.82, 2.24) is 4.90 Å². The lowest BCUT2D eigenvalue weighted by molar-refractivity contribution is -0.137. The van der Waals surface area contributed by atoms with E-state index in [9.17, 15) is 18.0 Å². The Balaban J connectivity index is 1.69. The average Bonchev–Trinajstić information content (AvgIpc) is 2.66. The summed E-state index contributed by atoms with van der Waals surface area (Å²) in [4.78, 5) is 18.0. The average molecular weight is 375 g/mol. The highest BCUT2D eigenvalue weighted by molar-refractivity contribution is 5.81. The number of alkyl halides is 3. The van der Waals surface area contributed by atoms with Crippen LogP contribution in [0.15, 0.2) is 48.5 Å². The van der Waals surface area contributed by atoms with Gasteiger partial charge in [0.2, 0.25) is 5.91 Å². The summed E-state index contributed by atoms with van der Waals surface area (Å²) in [6, 6.07) is 13.3. The van der Waals surface area contributed by atoms with Crippen LogP contribution in [0, 0.1) is 0 Å². The molecule has 2 aliphatic heterocycles. The summed E-state index contributed by atoms with van der Waals surface area (Å²) in [5.74, 6) is 0.0505. The third kappa shape index (κ3) is 3.22. The molecule has 1 fully saturated rings. The number of hydrogen-bond donors (Lipinski definition) is 0. The molecule has 0 bridgehead atoms. The molecule has 2 aromatic carbocycles. The molecule has 4 nitrogen and oxygen atoms in total. The van der Waals surface area contributed by atoms with Crippen molar-refractivity contribution < 1.29 is 18.0 Å². The predicted molar refractivity (Wildman–Crippen MR) is 98.3 cm³/mol. The molecule has 1 atom stereocenters. The fourth-order valence-corrected chi connectivity index (χ4v) is 3.93. The second-order valence-corrected chi connectivity index (χ2v) is 6.96. The third-order valence-electron chi connectivity index (χ3n) is 5.31. The van der Waals surface area contributed by atoms with Crippen molar-refractivity contribution in [3.8, 4) is 0 Å².